The second kappa shape index (κ2) is 9.04. The average Bonchev–Trinajstić information content (AvgIpc) is 3.71. The number of thiophene rings is 1. The first-order valence-electron chi connectivity index (χ1n) is 11.9. The summed E-state index contributed by atoms with van der Waals surface area (Å²) in [6, 6.07) is 24.7. The highest BCUT2D eigenvalue weighted by Crippen LogP contribution is 2.35. The van der Waals surface area contributed by atoms with Crippen LogP contribution in [0.5, 0.6) is 5.75 Å². The number of aromatic amines is 2. The third kappa shape index (κ3) is 4.05. The Bertz CT molecular complexity index is 1840. The largest absolute Gasteiger partial charge is 0.487 e. The van der Waals surface area contributed by atoms with Gasteiger partial charge in [0, 0.05) is 28.7 Å². The SMILES string of the molecule is c1ccc(COc2cncc(-c3ccc4[nH]nc(-c5cc6c(-c7ccsc7)ccnc6[nH]5)c4c3)c2)cc1. The zero-order valence-corrected chi connectivity index (χ0v) is 20.5. The highest BCUT2D eigenvalue weighted by atomic mass is 32.1. The monoisotopic (exact) mass is 499 g/mol. The van der Waals surface area contributed by atoms with Crippen LogP contribution in [-0.2, 0) is 6.61 Å². The molecule has 0 aliphatic carbocycles. The molecule has 0 atom stereocenters. The molecular formula is C30H21N5OS. The molecule has 7 rings (SSSR count). The predicted molar refractivity (Wildman–Crippen MR) is 148 cm³/mol. The smallest absolute Gasteiger partial charge is 0.138 e. The number of ether oxygens (including phenoxy) is 1. The van der Waals surface area contributed by atoms with Crippen molar-refractivity contribution in [2.24, 2.45) is 0 Å². The van der Waals surface area contributed by atoms with Crippen molar-refractivity contribution in [2.75, 3.05) is 0 Å². The summed E-state index contributed by atoms with van der Waals surface area (Å²) in [6.45, 7) is 0.499. The lowest BCUT2D eigenvalue weighted by atomic mass is 10.0. The van der Waals surface area contributed by atoms with Crippen LogP contribution in [0.15, 0.2) is 102 Å². The molecule has 5 heterocycles. The topological polar surface area (TPSA) is 79.5 Å². The molecule has 7 aromatic rings. The molecule has 0 saturated heterocycles. The van der Waals surface area contributed by atoms with E-state index in [9.17, 15) is 0 Å². The number of H-pyrrole nitrogens is 2. The number of nitrogens with one attached hydrogen (secondary N) is 2. The van der Waals surface area contributed by atoms with Crippen LogP contribution in [0.1, 0.15) is 5.56 Å². The number of rotatable bonds is 6. The molecule has 0 radical (unpaired) electrons. The van der Waals surface area contributed by atoms with Crippen molar-refractivity contribution in [1.82, 2.24) is 25.1 Å². The van der Waals surface area contributed by atoms with E-state index in [1.165, 1.54) is 5.56 Å². The Morgan fingerprint density at radius 2 is 1.78 bits per heavy atom. The zero-order valence-electron chi connectivity index (χ0n) is 19.7. The van der Waals surface area contributed by atoms with E-state index in [2.05, 4.69) is 84.4 Å². The molecule has 0 unspecified atom stereocenters. The summed E-state index contributed by atoms with van der Waals surface area (Å²) in [6.07, 6.45) is 5.45. The Morgan fingerprint density at radius 1 is 0.838 bits per heavy atom. The fourth-order valence-corrected chi connectivity index (χ4v) is 5.28. The van der Waals surface area contributed by atoms with E-state index in [4.69, 9.17) is 4.74 Å². The standard InChI is InChI=1S/C30H21N5OS/c1-2-4-19(5-3-1)17-36-23-12-22(15-31-16-23)20-6-7-27-26(13-20)29(35-34-27)28-14-25-24(21-9-11-37-18-21)8-10-32-30(25)33-28/h1-16,18H,17H2,(H,32,33)(H,34,35). The van der Waals surface area contributed by atoms with Crippen LogP contribution in [-0.4, -0.2) is 25.1 Å². The van der Waals surface area contributed by atoms with E-state index in [1.807, 2.05) is 36.7 Å². The Balaban J connectivity index is 1.24. The normalized spacial score (nSPS) is 11.4. The van der Waals surface area contributed by atoms with E-state index < -0.39 is 0 Å². The van der Waals surface area contributed by atoms with Crippen molar-refractivity contribution < 1.29 is 4.74 Å². The van der Waals surface area contributed by atoms with E-state index in [-0.39, 0.29) is 0 Å². The number of hydrogen-bond donors (Lipinski definition) is 2. The third-order valence-corrected chi connectivity index (χ3v) is 7.16. The van der Waals surface area contributed by atoms with Gasteiger partial charge in [-0.2, -0.15) is 16.4 Å². The van der Waals surface area contributed by atoms with Crippen molar-refractivity contribution in [1.29, 1.82) is 0 Å². The molecule has 0 fully saturated rings. The van der Waals surface area contributed by atoms with Crippen LogP contribution in [0.3, 0.4) is 0 Å². The maximum absolute atomic E-state index is 6.00. The minimum absolute atomic E-state index is 0.499. The fraction of sp³-hybridized carbons (Fsp3) is 0.0333. The minimum atomic E-state index is 0.499. The highest BCUT2D eigenvalue weighted by Gasteiger charge is 2.15. The van der Waals surface area contributed by atoms with Gasteiger partial charge in [0.25, 0.3) is 0 Å². The van der Waals surface area contributed by atoms with Crippen LogP contribution in [0, 0.1) is 0 Å². The lowest BCUT2D eigenvalue weighted by Gasteiger charge is -2.08. The van der Waals surface area contributed by atoms with E-state index in [0.29, 0.717) is 6.61 Å². The Kier molecular flexibility index (Phi) is 5.26. The molecule has 0 spiro atoms. The predicted octanol–water partition coefficient (Wildman–Crippen LogP) is 7.48. The summed E-state index contributed by atoms with van der Waals surface area (Å²) in [5, 5.41) is 14.2. The van der Waals surface area contributed by atoms with Gasteiger partial charge in [0.1, 0.15) is 23.7 Å². The number of aromatic nitrogens is 5. The van der Waals surface area contributed by atoms with Gasteiger partial charge in [0.05, 0.1) is 17.4 Å². The van der Waals surface area contributed by atoms with Crippen LogP contribution < -0.4 is 4.74 Å². The summed E-state index contributed by atoms with van der Waals surface area (Å²) in [5.74, 6) is 0.733. The molecule has 6 nitrogen and oxygen atoms in total. The minimum Gasteiger partial charge on any atom is -0.487 e. The number of nitrogens with zero attached hydrogens (tertiary/aromatic N) is 3. The van der Waals surface area contributed by atoms with E-state index in [1.54, 1.807) is 17.5 Å². The first-order chi connectivity index (χ1) is 18.3. The maximum Gasteiger partial charge on any atom is 0.138 e. The Morgan fingerprint density at radius 3 is 2.68 bits per heavy atom. The quantitative estimate of drug-likeness (QED) is 0.249. The molecule has 37 heavy (non-hydrogen) atoms. The molecule has 0 amide bonds. The van der Waals surface area contributed by atoms with Crippen molar-refractivity contribution in [3.05, 3.63) is 108 Å². The van der Waals surface area contributed by atoms with Crippen molar-refractivity contribution in [3.8, 4) is 39.4 Å². The number of fused-ring (bicyclic) bond motifs is 2. The molecule has 2 N–H and O–H groups in total. The van der Waals surface area contributed by atoms with Crippen molar-refractivity contribution in [3.63, 3.8) is 0 Å². The van der Waals surface area contributed by atoms with Crippen LogP contribution >= 0.6 is 11.3 Å². The van der Waals surface area contributed by atoms with E-state index in [0.717, 1.165) is 61.3 Å². The number of pyridine rings is 2. The molecule has 5 aromatic heterocycles. The molecule has 0 bridgehead atoms. The lowest BCUT2D eigenvalue weighted by Crippen LogP contribution is -1.95. The van der Waals surface area contributed by atoms with E-state index >= 15 is 0 Å². The van der Waals surface area contributed by atoms with Crippen LogP contribution in [0.25, 0.3) is 55.6 Å². The van der Waals surface area contributed by atoms with Crippen LogP contribution in [0.2, 0.25) is 0 Å². The Labute approximate surface area is 216 Å². The average molecular weight is 500 g/mol. The van der Waals surface area contributed by atoms with Crippen LogP contribution in [0.4, 0.5) is 0 Å². The molecular weight excluding hydrogens is 478 g/mol. The van der Waals surface area contributed by atoms with Gasteiger partial charge in [-0.15, -0.1) is 0 Å². The molecule has 0 saturated carbocycles. The van der Waals surface area contributed by atoms with Gasteiger partial charge < -0.3 is 9.72 Å². The Hall–Kier alpha value is -4.75. The molecule has 7 heteroatoms. The van der Waals surface area contributed by atoms with Gasteiger partial charge in [0.15, 0.2) is 0 Å². The lowest BCUT2D eigenvalue weighted by molar-refractivity contribution is 0.305. The van der Waals surface area contributed by atoms with Gasteiger partial charge in [-0.3, -0.25) is 10.1 Å². The first-order valence-corrected chi connectivity index (χ1v) is 12.9. The third-order valence-electron chi connectivity index (χ3n) is 6.48. The van der Waals surface area contributed by atoms with Gasteiger partial charge >= 0.3 is 0 Å². The summed E-state index contributed by atoms with van der Waals surface area (Å²) in [7, 11) is 0. The maximum atomic E-state index is 6.00. The van der Waals surface area contributed by atoms with Crippen molar-refractivity contribution >= 4 is 33.3 Å². The first kappa shape index (κ1) is 21.5. The molecule has 178 valence electrons. The highest BCUT2D eigenvalue weighted by molar-refractivity contribution is 7.08. The summed E-state index contributed by atoms with van der Waals surface area (Å²) >= 11 is 1.69. The summed E-state index contributed by atoms with van der Waals surface area (Å²) in [5.41, 5.74) is 9.09. The van der Waals surface area contributed by atoms with Gasteiger partial charge in [-0.05, 0) is 69.4 Å². The molecule has 2 aromatic carbocycles. The fourth-order valence-electron chi connectivity index (χ4n) is 4.62. The van der Waals surface area contributed by atoms with Gasteiger partial charge in [0.2, 0.25) is 0 Å². The zero-order chi connectivity index (χ0) is 24.6. The molecule has 0 aliphatic heterocycles. The van der Waals surface area contributed by atoms with Gasteiger partial charge in [-0.25, -0.2) is 4.98 Å². The number of hydrogen-bond acceptors (Lipinski definition) is 5. The second-order valence-corrected chi connectivity index (χ2v) is 9.61. The van der Waals surface area contributed by atoms with Crippen molar-refractivity contribution in [2.45, 2.75) is 6.61 Å². The summed E-state index contributed by atoms with van der Waals surface area (Å²) in [4.78, 5) is 12.5. The number of benzene rings is 2. The molecule has 0 aliphatic rings. The second-order valence-electron chi connectivity index (χ2n) is 8.83. The summed E-state index contributed by atoms with van der Waals surface area (Å²) < 4.78 is 6.00. The van der Waals surface area contributed by atoms with Gasteiger partial charge in [-0.1, -0.05) is 36.4 Å².